The van der Waals surface area contributed by atoms with Gasteiger partial charge in [0, 0.05) is 30.8 Å². The third kappa shape index (κ3) is 3.56. The predicted octanol–water partition coefficient (Wildman–Crippen LogP) is 1.71. The molecule has 0 unspecified atom stereocenters. The third-order valence-electron chi connectivity index (χ3n) is 3.28. The van der Waals surface area contributed by atoms with Crippen LogP contribution in [0.25, 0.3) is 0 Å². The Kier molecular flexibility index (Phi) is 4.19. The summed E-state index contributed by atoms with van der Waals surface area (Å²) < 4.78 is 0. The van der Waals surface area contributed by atoms with E-state index in [4.69, 9.17) is 10.9 Å². The summed E-state index contributed by atoms with van der Waals surface area (Å²) in [6, 6.07) is 2.57. The predicted molar refractivity (Wildman–Crippen MR) is 74.5 cm³/mol. The van der Waals surface area contributed by atoms with Crippen LogP contribution in [0.4, 0.5) is 5.82 Å². The molecule has 0 radical (unpaired) electrons. The fraction of sp³-hybridized carbons (Fsp3) is 0.615. The van der Waals surface area contributed by atoms with Gasteiger partial charge in [-0.05, 0) is 18.8 Å². The number of oxime groups is 1. The van der Waals surface area contributed by atoms with Gasteiger partial charge in [0.15, 0.2) is 0 Å². The summed E-state index contributed by atoms with van der Waals surface area (Å²) in [5, 5.41) is 11.6. The zero-order valence-electron chi connectivity index (χ0n) is 11.5. The van der Waals surface area contributed by atoms with E-state index in [0.717, 1.165) is 18.1 Å². The van der Waals surface area contributed by atoms with Gasteiger partial charge < -0.3 is 15.8 Å². The molecule has 19 heavy (non-hydrogen) atoms. The number of rotatable bonds is 6. The van der Waals surface area contributed by atoms with E-state index in [1.165, 1.54) is 12.8 Å². The van der Waals surface area contributed by atoms with Crippen molar-refractivity contribution in [3.63, 3.8) is 0 Å². The molecule has 1 heterocycles. The van der Waals surface area contributed by atoms with Gasteiger partial charge >= 0.3 is 0 Å². The quantitative estimate of drug-likeness (QED) is 0.353. The molecule has 0 aromatic carbocycles. The minimum absolute atomic E-state index is 0.254. The number of anilines is 1. The molecule has 1 fully saturated rings. The summed E-state index contributed by atoms with van der Waals surface area (Å²) in [6.07, 6.45) is 4.51. The van der Waals surface area contributed by atoms with E-state index in [2.05, 4.69) is 33.9 Å². The maximum Gasteiger partial charge on any atom is 0.140 e. The molecule has 1 aromatic rings. The van der Waals surface area contributed by atoms with Gasteiger partial charge in [-0.15, -0.1) is 0 Å². The highest BCUT2D eigenvalue weighted by molar-refractivity contribution is 5.80. The van der Waals surface area contributed by atoms with Crippen LogP contribution in [0.5, 0.6) is 0 Å². The molecular weight excluding hydrogens is 242 g/mol. The lowest BCUT2D eigenvalue weighted by molar-refractivity contribution is 0.317. The number of hydrogen-bond donors (Lipinski definition) is 2. The zero-order valence-corrected chi connectivity index (χ0v) is 11.5. The SMILES string of the molecule is CC(C)c1cc(N(CC/C(N)=N/O)C2CC2)ncn1. The van der Waals surface area contributed by atoms with Gasteiger partial charge in [-0.25, -0.2) is 9.97 Å². The summed E-state index contributed by atoms with van der Waals surface area (Å²) in [6.45, 7) is 4.95. The van der Waals surface area contributed by atoms with Crippen LogP contribution in [0.15, 0.2) is 17.5 Å². The van der Waals surface area contributed by atoms with Crippen molar-refractivity contribution >= 4 is 11.7 Å². The fourth-order valence-electron chi connectivity index (χ4n) is 1.99. The molecule has 0 atom stereocenters. The second kappa shape index (κ2) is 5.86. The molecule has 3 N–H and O–H groups in total. The normalized spacial score (nSPS) is 15.8. The van der Waals surface area contributed by atoms with Crippen LogP contribution in [-0.2, 0) is 0 Å². The maximum atomic E-state index is 8.61. The van der Waals surface area contributed by atoms with Crippen molar-refractivity contribution in [2.45, 2.75) is 45.1 Å². The number of nitrogens with zero attached hydrogens (tertiary/aromatic N) is 4. The first-order valence-electron chi connectivity index (χ1n) is 6.66. The van der Waals surface area contributed by atoms with Crippen LogP contribution in [0, 0.1) is 0 Å². The van der Waals surface area contributed by atoms with Gasteiger partial charge in [-0.2, -0.15) is 0 Å². The van der Waals surface area contributed by atoms with E-state index in [0.29, 0.717) is 18.4 Å². The molecule has 2 rings (SSSR count). The van der Waals surface area contributed by atoms with E-state index < -0.39 is 0 Å². The topological polar surface area (TPSA) is 87.6 Å². The molecule has 0 aliphatic heterocycles. The van der Waals surface area contributed by atoms with Crippen molar-refractivity contribution in [3.8, 4) is 0 Å². The highest BCUT2D eigenvalue weighted by Gasteiger charge is 2.30. The Morgan fingerprint density at radius 3 is 2.84 bits per heavy atom. The lowest BCUT2D eigenvalue weighted by Crippen LogP contribution is -2.31. The molecule has 1 saturated carbocycles. The van der Waals surface area contributed by atoms with Gasteiger partial charge in [0.2, 0.25) is 0 Å². The van der Waals surface area contributed by atoms with E-state index in [1.54, 1.807) is 6.33 Å². The minimum Gasteiger partial charge on any atom is -0.409 e. The third-order valence-corrected chi connectivity index (χ3v) is 3.28. The first-order valence-corrected chi connectivity index (χ1v) is 6.66. The van der Waals surface area contributed by atoms with Crippen LogP contribution in [-0.4, -0.2) is 33.6 Å². The molecule has 1 aliphatic rings. The molecule has 0 amide bonds. The van der Waals surface area contributed by atoms with Gasteiger partial charge in [-0.3, -0.25) is 0 Å². The Balaban J connectivity index is 2.12. The number of amidine groups is 1. The van der Waals surface area contributed by atoms with Gasteiger partial charge in [0.25, 0.3) is 0 Å². The first-order chi connectivity index (χ1) is 9.11. The van der Waals surface area contributed by atoms with Crippen molar-refractivity contribution in [1.82, 2.24) is 9.97 Å². The number of hydrogen-bond acceptors (Lipinski definition) is 5. The molecule has 0 bridgehead atoms. The highest BCUT2D eigenvalue weighted by atomic mass is 16.4. The molecular formula is C13H21N5O. The van der Waals surface area contributed by atoms with Gasteiger partial charge in [-0.1, -0.05) is 19.0 Å². The Morgan fingerprint density at radius 2 is 2.26 bits per heavy atom. The Morgan fingerprint density at radius 1 is 1.53 bits per heavy atom. The van der Waals surface area contributed by atoms with Crippen molar-refractivity contribution in [2.24, 2.45) is 10.9 Å². The van der Waals surface area contributed by atoms with E-state index >= 15 is 0 Å². The minimum atomic E-state index is 0.254. The van der Waals surface area contributed by atoms with Crippen molar-refractivity contribution in [1.29, 1.82) is 0 Å². The molecule has 6 heteroatoms. The molecule has 0 spiro atoms. The lowest BCUT2D eigenvalue weighted by atomic mass is 10.1. The number of nitrogens with two attached hydrogens (primary N) is 1. The first kappa shape index (κ1) is 13.6. The number of aromatic nitrogens is 2. The van der Waals surface area contributed by atoms with Crippen molar-refractivity contribution in [2.75, 3.05) is 11.4 Å². The van der Waals surface area contributed by atoms with E-state index in [-0.39, 0.29) is 5.84 Å². The van der Waals surface area contributed by atoms with Crippen LogP contribution in [0.1, 0.15) is 44.7 Å². The van der Waals surface area contributed by atoms with Crippen LogP contribution in [0.3, 0.4) is 0 Å². The van der Waals surface area contributed by atoms with E-state index in [9.17, 15) is 0 Å². The lowest BCUT2D eigenvalue weighted by Gasteiger charge is -2.23. The summed E-state index contributed by atoms with van der Waals surface area (Å²) in [5.41, 5.74) is 6.58. The second-order valence-electron chi connectivity index (χ2n) is 5.22. The maximum absolute atomic E-state index is 8.61. The average molecular weight is 263 g/mol. The second-order valence-corrected chi connectivity index (χ2v) is 5.22. The summed E-state index contributed by atoms with van der Waals surface area (Å²) in [5.74, 6) is 1.57. The molecule has 104 valence electrons. The van der Waals surface area contributed by atoms with Crippen LogP contribution >= 0.6 is 0 Å². The molecule has 0 saturated heterocycles. The average Bonchev–Trinajstić information content (AvgIpc) is 3.23. The smallest absolute Gasteiger partial charge is 0.140 e. The summed E-state index contributed by atoms with van der Waals surface area (Å²) in [7, 11) is 0. The Hall–Kier alpha value is -1.85. The van der Waals surface area contributed by atoms with Crippen LogP contribution in [0.2, 0.25) is 0 Å². The molecule has 6 nitrogen and oxygen atoms in total. The fourth-order valence-corrected chi connectivity index (χ4v) is 1.99. The Labute approximate surface area is 113 Å². The largest absolute Gasteiger partial charge is 0.409 e. The van der Waals surface area contributed by atoms with Crippen LogP contribution < -0.4 is 10.6 Å². The standard InChI is InChI=1S/C13H21N5O/c1-9(2)11-7-13(16-8-15-11)18(10-3-4-10)6-5-12(14)17-19/h7-10,19H,3-6H2,1-2H3,(H2,14,17). The van der Waals surface area contributed by atoms with E-state index in [1.807, 2.05) is 6.07 Å². The van der Waals surface area contributed by atoms with Gasteiger partial charge in [0.05, 0.1) is 0 Å². The molecule has 1 aliphatic carbocycles. The monoisotopic (exact) mass is 263 g/mol. The van der Waals surface area contributed by atoms with Gasteiger partial charge in [0.1, 0.15) is 18.0 Å². The summed E-state index contributed by atoms with van der Waals surface area (Å²) in [4.78, 5) is 10.9. The molecule has 1 aromatic heterocycles. The van der Waals surface area contributed by atoms with Crippen molar-refractivity contribution in [3.05, 3.63) is 18.1 Å². The Bertz CT molecular complexity index is 456. The summed E-state index contributed by atoms with van der Waals surface area (Å²) >= 11 is 0. The van der Waals surface area contributed by atoms with Crippen molar-refractivity contribution < 1.29 is 5.21 Å². The zero-order chi connectivity index (χ0) is 13.8. The highest BCUT2D eigenvalue weighted by Crippen LogP contribution is 2.31.